The Labute approximate surface area is 178 Å². The first-order valence-electron chi connectivity index (χ1n) is 9.23. The second-order valence-electron chi connectivity index (χ2n) is 6.74. The zero-order chi connectivity index (χ0) is 21.9. The number of carbonyl (C=O) groups excluding carboxylic acids is 4. The third kappa shape index (κ3) is 3.99. The van der Waals surface area contributed by atoms with Crippen molar-refractivity contribution in [3.8, 4) is 0 Å². The minimum atomic E-state index is -1.39. The number of benzene rings is 2. The molecular formula is C21H20ClN3O5. The number of hydrogen-bond donors (Lipinski definition) is 2. The van der Waals surface area contributed by atoms with E-state index in [4.69, 9.17) is 16.3 Å². The average Bonchev–Trinajstić information content (AvgIpc) is 2.92. The summed E-state index contributed by atoms with van der Waals surface area (Å²) in [5.41, 5.74) is -0.563. The predicted octanol–water partition coefficient (Wildman–Crippen LogP) is 2.92. The molecule has 1 aliphatic heterocycles. The molecule has 0 unspecified atom stereocenters. The fraction of sp³-hybridized carbons (Fsp3) is 0.238. The van der Waals surface area contributed by atoms with E-state index < -0.39 is 35.9 Å². The molecule has 1 fully saturated rings. The van der Waals surface area contributed by atoms with Crippen molar-refractivity contribution in [3.05, 3.63) is 64.7 Å². The number of amides is 4. The molecule has 156 valence electrons. The highest BCUT2D eigenvalue weighted by molar-refractivity contribution is 6.32. The van der Waals surface area contributed by atoms with E-state index in [0.717, 1.165) is 4.90 Å². The molecule has 8 nitrogen and oxygen atoms in total. The molecule has 4 amide bonds. The molecule has 1 saturated heterocycles. The van der Waals surface area contributed by atoms with E-state index in [2.05, 4.69) is 10.6 Å². The highest BCUT2D eigenvalue weighted by Crippen LogP contribution is 2.33. The first-order valence-corrected chi connectivity index (χ1v) is 9.61. The maximum atomic E-state index is 13.0. The van der Waals surface area contributed by atoms with Gasteiger partial charge < -0.3 is 15.4 Å². The van der Waals surface area contributed by atoms with Crippen LogP contribution < -0.4 is 10.6 Å². The minimum Gasteiger partial charge on any atom is -0.462 e. The zero-order valence-electron chi connectivity index (χ0n) is 16.4. The van der Waals surface area contributed by atoms with Gasteiger partial charge in [0.25, 0.3) is 5.91 Å². The number of rotatable bonds is 6. The fourth-order valence-corrected chi connectivity index (χ4v) is 3.53. The van der Waals surface area contributed by atoms with Crippen LogP contribution in [0, 0.1) is 0 Å². The molecule has 0 spiro atoms. The van der Waals surface area contributed by atoms with Crippen LogP contribution in [-0.2, 0) is 19.9 Å². The summed E-state index contributed by atoms with van der Waals surface area (Å²) >= 11 is 6.20. The van der Waals surface area contributed by atoms with Gasteiger partial charge in [-0.1, -0.05) is 41.9 Å². The molecule has 3 rings (SSSR count). The molecule has 2 aromatic carbocycles. The van der Waals surface area contributed by atoms with Gasteiger partial charge in [0.15, 0.2) is 0 Å². The summed E-state index contributed by atoms with van der Waals surface area (Å²) in [6.07, 6.45) is 0. The van der Waals surface area contributed by atoms with E-state index >= 15 is 0 Å². The summed E-state index contributed by atoms with van der Waals surface area (Å²) in [6, 6.07) is 12.3. The van der Waals surface area contributed by atoms with Crippen LogP contribution in [-0.4, -0.2) is 41.9 Å². The van der Waals surface area contributed by atoms with Gasteiger partial charge in [0.2, 0.25) is 5.91 Å². The van der Waals surface area contributed by atoms with Crippen LogP contribution in [0.3, 0.4) is 0 Å². The van der Waals surface area contributed by atoms with Gasteiger partial charge in [-0.2, -0.15) is 0 Å². The first kappa shape index (κ1) is 21.3. The summed E-state index contributed by atoms with van der Waals surface area (Å²) in [5, 5.41) is 5.48. The number of imide groups is 1. The van der Waals surface area contributed by atoms with Gasteiger partial charge in [-0.05, 0) is 32.0 Å². The lowest BCUT2D eigenvalue weighted by atomic mass is 9.92. The van der Waals surface area contributed by atoms with E-state index in [1.807, 2.05) is 0 Å². The molecule has 0 aromatic heterocycles. The normalized spacial score (nSPS) is 18.2. The molecule has 2 N–H and O–H groups in total. The van der Waals surface area contributed by atoms with E-state index in [-0.39, 0.29) is 17.9 Å². The Morgan fingerprint density at radius 3 is 2.50 bits per heavy atom. The van der Waals surface area contributed by atoms with Crippen LogP contribution in [0.2, 0.25) is 5.02 Å². The zero-order valence-corrected chi connectivity index (χ0v) is 17.2. The van der Waals surface area contributed by atoms with Gasteiger partial charge in [0, 0.05) is 10.6 Å². The number of carbonyl (C=O) groups is 4. The van der Waals surface area contributed by atoms with Crippen molar-refractivity contribution in [1.82, 2.24) is 10.2 Å². The second kappa shape index (κ2) is 8.54. The molecule has 0 radical (unpaired) electrons. The third-order valence-electron chi connectivity index (χ3n) is 4.69. The van der Waals surface area contributed by atoms with Gasteiger partial charge >= 0.3 is 12.0 Å². The van der Waals surface area contributed by atoms with Crippen molar-refractivity contribution >= 4 is 41.1 Å². The molecule has 0 bridgehead atoms. The molecule has 9 heteroatoms. The van der Waals surface area contributed by atoms with Crippen LogP contribution in [0.4, 0.5) is 10.5 Å². The predicted molar refractivity (Wildman–Crippen MR) is 110 cm³/mol. The minimum absolute atomic E-state index is 0.172. The standard InChI is InChI=1S/C21H20ClN3O5/c1-3-30-18(27)13-8-4-7-11-16(13)23-17(26)12-25-19(28)21(2,24-20(25)29)14-9-5-6-10-15(14)22/h4-11H,3,12H2,1-2H3,(H,23,26)(H,24,29)/t21-/m0/s1. The molecular weight excluding hydrogens is 410 g/mol. The number of urea groups is 1. The van der Waals surface area contributed by atoms with Gasteiger partial charge in [-0.25, -0.2) is 9.59 Å². The summed E-state index contributed by atoms with van der Waals surface area (Å²) in [6.45, 7) is 2.86. The molecule has 0 aliphatic carbocycles. The van der Waals surface area contributed by atoms with Crippen LogP contribution >= 0.6 is 11.6 Å². The molecule has 1 heterocycles. The highest BCUT2D eigenvalue weighted by Gasteiger charge is 2.50. The van der Waals surface area contributed by atoms with Gasteiger partial charge in [-0.3, -0.25) is 14.5 Å². The van der Waals surface area contributed by atoms with E-state index in [1.165, 1.54) is 19.1 Å². The first-order chi connectivity index (χ1) is 14.3. The largest absolute Gasteiger partial charge is 0.462 e. The number of esters is 1. The Kier molecular flexibility index (Phi) is 6.07. The monoisotopic (exact) mass is 429 g/mol. The summed E-state index contributed by atoms with van der Waals surface area (Å²) < 4.78 is 4.97. The lowest BCUT2D eigenvalue weighted by Gasteiger charge is -2.23. The maximum Gasteiger partial charge on any atom is 0.340 e. The molecule has 1 atom stereocenters. The van der Waals surface area contributed by atoms with Crippen LogP contribution in [0.5, 0.6) is 0 Å². The van der Waals surface area contributed by atoms with Crippen molar-refractivity contribution in [2.45, 2.75) is 19.4 Å². The van der Waals surface area contributed by atoms with Crippen LogP contribution in [0.1, 0.15) is 29.8 Å². The third-order valence-corrected chi connectivity index (χ3v) is 5.02. The highest BCUT2D eigenvalue weighted by atomic mass is 35.5. The lowest BCUT2D eigenvalue weighted by Crippen LogP contribution is -2.42. The quantitative estimate of drug-likeness (QED) is 0.542. The van der Waals surface area contributed by atoms with Gasteiger partial charge in [-0.15, -0.1) is 0 Å². The van der Waals surface area contributed by atoms with Crippen LogP contribution in [0.15, 0.2) is 48.5 Å². The van der Waals surface area contributed by atoms with Crippen molar-refractivity contribution < 1.29 is 23.9 Å². The van der Waals surface area contributed by atoms with Crippen molar-refractivity contribution in [1.29, 1.82) is 0 Å². The van der Waals surface area contributed by atoms with Crippen molar-refractivity contribution in [3.63, 3.8) is 0 Å². The SMILES string of the molecule is CCOC(=O)c1ccccc1NC(=O)CN1C(=O)N[C@@](C)(c2ccccc2Cl)C1=O. The number of halogens is 1. The van der Waals surface area contributed by atoms with Crippen molar-refractivity contribution in [2.75, 3.05) is 18.5 Å². The maximum absolute atomic E-state index is 13.0. The summed E-state index contributed by atoms with van der Waals surface area (Å²) in [5.74, 6) is -1.83. The molecule has 1 aliphatic rings. The second-order valence-corrected chi connectivity index (χ2v) is 7.15. The molecule has 30 heavy (non-hydrogen) atoms. The number of anilines is 1. The van der Waals surface area contributed by atoms with Crippen LogP contribution in [0.25, 0.3) is 0 Å². The Morgan fingerprint density at radius 1 is 1.13 bits per heavy atom. The number of ether oxygens (including phenoxy) is 1. The topological polar surface area (TPSA) is 105 Å². The number of nitrogens with zero attached hydrogens (tertiary/aromatic N) is 1. The van der Waals surface area contributed by atoms with Gasteiger partial charge in [0.1, 0.15) is 12.1 Å². The molecule has 2 aromatic rings. The van der Waals surface area contributed by atoms with E-state index in [0.29, 0.717) is 10.6 Å². The van der Waals surface area contributed by atoms with Gasteiger partial charge in [0.05, 0.1) is 17.9 Å². The summed E-state index contributed by atoms with van der Waals surface area (Å²) in [7, 11) is 0. The van der Waals surface area contributed by atoms with E-state index in [1.54, 1.807) is 43.3 Å². The Balaban J connectivity index is 1.77. The number of para-hydroxylation sites is 1. The Hall–Kier alpha value is -3.39. The Bertz CT molecular complexity index is 1030. The number of hydrogen-bond acceptors (Lipinski definition) is 5. The fourth-order valence-electron chi connectivity index (χ4n) is 3.20. The smallest absolute Gasteiger partial charge is 0.340 e. The van der Waals surface area contributed by atoms with Crippen molar-refractivity contribution in [2.24, 2.45) is 0 Å². The average molecular weight is 430 g/mol. The number of nitrogens with one attached hydrogen (secondary N) is 2. The summed E-state index contributed by atoms with van der Waals surface area (Å²) in [4.78, 5) is 50.8. The Morgan fingerprint density at radius 2 is 1.80 bits per heavy atom. The molecule has 0 saturated carbocycles. The van der Waals surface area contributed by atoms with E-state index in [9.17, 15) is 19.2 Å². The lowest BCUT2D eigenvalue weighted by molar-refractivity contribution is -0.133.